The number of Topliss-reactive ketones (excluding diaryl/α,β-unsaturated/α-hetero) is 2. The van der Waals surface area contributed by atoms with Crippen LogP contribution in [0.3, 0.4) is 0 Å². The van der Waals surface area contributed by atoms with Crippen molar-refractivity contribution in [1.82, 2.24) is 0 Å². The number of ketones is 2. The van der Waals surface area contributed by atoms with Crippen molar-refractivity contribution in [2.45, 2.75) is 53.4 Å². The summed E-state index contributed by atoms with van der Waals surface area (Å²) in [4.78, 5) is 27.2. The first kappa shape index (κ1) is 22.7. The molecule has 4 atom stereocenters. The number of carbonyl (C=O) groups excluding carboxylic acids is 2. The molecule has 0 aliphatic heterocycles. The predicted molar refractivity (Wildman–Crippen MR) is 143 cm³/mol. The van der Waals surface area contributed by atoms with Gasteiger partial charge in [0.25, 0.3) is 20.2 Å². The Morgan fingerprint density at radius 2 is 1.08 bits per heavy atom. The fourth-order valence-electron chi connectivity index (χ4n) is 7.97. The molecule has 4 aliphatic carbocycles. The van der Waals surface area contributed by atoms with Crippen LogP contribution in [0.15, 0.2) is 35.3 Å². The molecule has 0 spiro atoms. The number of benzene rings is 1. The molecule has 0 heterocycles. The smallest absolute Gasteiger partial charge is 0.265 e. The van der Waals surface area contributed by atoms with E-state index in [0.29, 0.717) is 12.8 Å². The number of allylic oxidation sites excluding steroid dienone is 2. The summed E-state index contributed by atoms with van der Waals surface area (Å²) in [6, 6.07) is -1.80. The Morgan fingerprint density at radius 1 is 0.763 bits per heavy atom. The maximum atomic E-state index is 13.6. The van der Waals surface area contributed by atoms with Gasteiger partial charge in [-0.25, -0.2) is 0 Å². The van der Waals surface area contributed by atoms with Crippen molar-refractivity contribution >= 4 is 44.0 Å². The number of rotatable bonds is 6. The minimum atomic E-state index is -4.49. The number of fused-ring (bicyclic) bond motifs is 4. The van der Waals surface area contributed by atoms with Crippen molar-refractivity contribution in [3.8, 4) is 0 Å². The minimum absolute atomic E-state index is 0.150. The van der Waals surface area contributed by atoms with Crippen molar-refractivity contribution in [2.24, 2.45) is 33.5 Å². The highest BCUT2D eigenvalue weighted by molar-refractivity contribution is 7.86. The fraction of sp³-hybridized carbons (Fsp3) is 0.571. The molecule has 2 N–H and O–H groups in total. The van der Waals surface area contributed by atoms with Gasteiger partial charge in [-0.15, -0.1) is 0 Å². The standard InChI is InChI=1S/C28H34O8S2/c1-25(2)21-9-11-27(25,15-37(31,32)33)23(29)19(21)13-17-5-7-18(8-6-17)14-20-22-10-12-28(24(20)30,26(22,3)4)16-38(34,35)36/h5-8,13-14,21-22H,9-12,15-16H2,1-4H3,(H,31,32,33)(H,34,35,36)/b19-13-,20-14+/i5D,6D,7D,8D. The average molecular weight is 567 g/mol. The third kappa shape index (κ3) is 3.82. The predicted octanol–water partition coefficient (Wildman–Crippen LogP) is 4.24. The first-order chi connectivity index (χ1) is 19.0. The molecule has 4 unspecified atom stereocenters. The summed E-state index contributed by atoms with van der Waals surface area (Å²) in [6.07, 6.45) is 4.02. The summed E-state index contributed by atoms with van der Waals surface area (Å²) in [5, 5.41) is 0. The van der Waals surface area contributed by atoms with E-state index in [1.165, 1.54) is 12.2 Å². The van der Waals surface area contributed by atoms with E-state index in [4.69, 9.17) is 5.48 Å². The van der Waals surface area contributed by atoms with Crippen molar-refractivity contribution in [3.63, 3.8) is 0 Å². The molecule has 1 aromatic rings. The molecular formula is C28H34O8S2. The molecule has 4 bridgehead atoms. The summed E-state index contributed by atoms with van der Waals surface area (Å²) in [7, 11) is -8.99. The number of carbonyl (C=O) groups is 2. The molecule has 4 saturated carbocycles. The lowest BCUT2D eigenvalue weighted by molar-refractivity contribution is -0.125. The van der Waals surface area contributed by atoms with Gasteiger partial charge >= 0.3 is 0 Å². The van der Waals surface area contributed by atoms with Crippen LogP contribution >= 0.6 is 0 Å². The van der Waals surface area contributed by atoms with Gasteiger partial charge in [0, 0.05) is 11.1 Å². The van der Waals surface area contributed by atoms with Crippen molar-refractivity contribution in [3.05, 3.63) is 46.4 Å². The van der Waals surface area contributed by atoms with E-state index >= 15 is 0 Å². The van der Waals surface area contributed by atoms with Gasteiger partial charge in [-0.05, 0) is 71.6 Å². The third-order valence-corrected chi connectivity index (χ3v) is 11.9. The van der Waals surface area contributed by atoms with Crippen LogP contribution < -0.4 is 0 Å². The summed E-state index contributed by atoms with van der Waals surface area (Å²) < 4.78 is 101. The van der Waals surface area contributed by atoms with Gasteiger partial charge in [-0.3, -0.25) is 18.7 Å². The van der Waals surface area contributed by atoms with E-state index in [1.807, 2.05) is 0 Å². The maximum absolute atomic E-state index is 13.6. The molecule has 0 saturated heterocycles. The van der Waals surface area contributed by atoms with E-state index < -0.39 is 101 Å². The SMILES string of the molecule is [2H]c1c([2H])c(/C=C2/C(=O)C3(CS(=O)(=O)O)CCC2C3(C)C)c([2H])c([2H])c1/C=C1\C(=O)C2(CS(=O)(=O)O)CCC1C2(C)C. The second kappa shape index (κ2) is 8.19. The Balaban J connectivity index is 1.61. The zero-order valence-electron chi connectivity index (χ0n) is 25.7. The van der Waals surface area contributed by atoms with Gasteiger partial charge in [-0.1, -0.05) is 51.9 Å². The molecule has 38 heavy (non-hydrogen) atoms. The molecule has 10 heteroatoms. The summed E-state index contributed by atoms with van der Waals surface area (Å²) >= 11 is 0. The van der Waals surface area contributed by atoms with Gasteiger partial charge in [0.15, 0.2) is 11.6 Å². The molecule has 1 aromatic carbocycles. The molecule has 0 radical (unpaired) electrons. The first-order valence-electron chi connectivity index (χ1n) is 14.6. The molecule has 4 fully saturated rings. The Labute approximate surface area is 229 Å². The highest BCUT2D eigenvalue weighted by Gasteiger charge is 2.68. The normalized spacial score (nSPS) is 37.1. The Bertz CT molecular complexity index is 1590. The van der Waals surface area contributed by atoms with E-state index in [9.17, 15) is 35.5 Å². The van der Waals surface area contributed by atoms with E-state index in [1.54, 1.807) is 27.7 Å². The minimum Gasteiger partial charge on any atom is -0.294 e. The van der Waals surface area contributed by atoms with Crippen LogP contribution in [0.4, 0.5) is 0 Å². The van der Waals surface area contributed by atoms with Crippen molar-refractivity contribution < 1.29 is 41.0 Å². The molecular weight excluding hydrogens is 528 g/mol. The monoisotopic (exact) mass is 566 g/mol. The fourth-order valence-corrected chi connectivity index (χ4v) is 10.5. The van der Waals surface area contributed by atoms with Gasteiger partial charge in [0.1, 0.15) is 0 Å². The van der Waals surface area contributed by atoms with E-state index in [2.05, 4.69) is 0 Å². The van der Waals surface area contributed by atoms with Crippen molar-refractivity contribution in [2.75, 3.05) is 11.5 Å². The average Bonchev–Trinajstić information content (AvgIpc) is 3.34. The third-order valence-electron chi connectivity index (χ3n) is 10.2. The highest BCUT2D eigenvalue weighted by Crippen LogP contribution is 2.67. The lowest BCUT2D eigenvalue weighted by atomic mass is 9.70. The molecule has 0 amide bonds. The maximum Gasteiger partial charge on any atom is 0.265 e. The van der Waals surface area contributed by atoms with Gasteiger partial charge in [0.05, 0.1) is 27.8 Å². The van der Waals surface area contributed by atoms with Crippen molar-refractivity contribution in [1.29, 1.82) is 0 Å². The van der Waals surface area contributed by atoms with E-state index in [-0.39, 0.29) is 35.1 Å². The van der Waals surface area contributed by atoms with Gasteiger partial charge < -0.3 is 0 Å². The summed E-state index contributed by atoms with van der Waals surface area (Å²) in [5.74, 6) is -3.31. The Hall–Kier alpha value is -2.14. The second-order valence-electron chi connectivity index (χ2n) is 12.4. The zero-order valence-corrected chi connectivity index (χ0v) is 23.3. The summed E-state index contributed by atoms with van der Waals surface area (Å²) in [5.41, 5.74) is -4.31. The Morgan fingerprint density at radius 3 is 1.37 bits per heavy atom. The molecule has 4 aliphatic rings. The lowest BCUT2D eigenvalue weighted by Gasteiger charge is -2.34. The molecule has 0 aromatic heterocycles. The van der Waals surface area contributed by atoms with Crippen LogP contribution in [0.5, 0.6) is 0 Å². The zero-order chi connectivity index (χ0) is 31.6. The Kier molecular flexibility index (Phi) is 4.88. The molecule has 5 rings (SSSR count). The first-order valence-corrected chi connectivity index (χ1v) is 15.8. The summed E-state index contributed by atoms with van der Waals surface area (Å²) in [6.45, 7) is 7.01. The van der Waals surface area contributed by atoms with Gasteiger partial charge in [0.2, 0.25) is 0 Å². The van der Waals surface area contributed by atoms with Gasteiger partial charge in [-0.2, -0.15) is 16.8 Å². The topological polar surface area (TPSA) is 143 Å². The van der Waals surface area contributed by atoms with Crippen LogP contribution in [0, 0.1) is 33.5 Å². The quantitative estimate of drug-likeness (QED) is 0.385. The highest BCUT2D eigenvalue weighted by atomic mass is 32.2. The second-order valence-corrected chi connectivity index (χ2v) is 15.3. The lowest BCUT2D eigenvalue weighted by Crippen LogP contribution is -2.42. The van der Waals surface area contributed by atoms with Crippen LogP contribution in [0.25, 0.3) is 12.2 Å². The van der Waals surface area contributed by atoms with Crippen LogP contribution in [0.1, 0.15) is 70.0 Å². The largest absolute Gasteiger partial charge is 0.294 e. The molecule has 206 valence electrons. The van der Waals surface area contributed by atoms with Crippen LogP contribution in [-0.2, 0) is 29.8 Å². The van der Waals surface area contributed by atoms with E-state index in [0.717, 1.165) is 0 Å². The number of hydrogen-bond donors (Lipinski definition) is 2. The van der Waals surface area contributed by atoms with Crippen LogP contribution in [0.2, 0.25) is 0 Å². The number of hydrogen-bond acceptors (Lipinski definition) is 6. The molecule has 8 nitrogen and oxygen atoms in total. The van der Waals surface area contributed by atoms with Crippen LogP contribution in [-0.4, -0.2) is 49.0 Å².